The molecule has 1 N–H and O–H groups in total. The first-order valence-electron chi connectivity index (χ1n) is 23.3. The molecule has 0 saturated carbocycles. The van der Waals surface area contributed by atoms with Gasteiger partial charge in [0.15, 0.2) is 25.0 Å². The van der Waals surface area contributed by atoms with Gasteiger partial charge in [0, 0.05) is 18.9 Å². The molecule has 3 fully saturated rings. The topological polar surface area (TPSA) is 102 Å². The quantitative estimate of drug-likeness (QED) is 0.0493. The van der Waals surface area contributed by atoms with Crippen molar-refractivity contribution in [2.24, 2.45) is 0 Å². The lowest BCUT2D eigenvalue weighted by molar-refractivity contribution is -0.230. The van der Waals surface area contributed by atoms with E-state index in [9.17, 15) is 9.90 Å². The maximum absolute atomic E-state index is 12.2. The van der Waals surface area contributed by atoms with E-state index in [1.165, 1.54) is 7.11 Å². The average molecular weight is 893 g/mol. The zero-order valence-electron chi connectivity index (χ0n) is 40.7. The first-order chi connectivity index (χ1) is 27.8. The maximum Gasteiger partial charge on any atom is 0.308 e. The molecule has 12 heteroatoms. The second kappa shape index (κ2) is 22.6. The smallest absolute Gasteiger partial charge is 0.308 e. The maximum atomic E-state index is 12.2. The number of hydrogen-bond donors (Lipinski definition) is 1. The molecule has 3 heterocycles. The van der Waals surface area contributed by atoms with Gasteiger partial charge in [-0.2, -0.15) is 0 Å². The van der Waals surface area contributed by atoms with Crippen LogP contribution in [0.15, 0.2) is 42.2 Å². The Morgan fingerprint density at radius 2 is 1.52 bits per heavy atom. The largest absolute Gasteiger partial charge is 0.469 e. The third-order valence-electron chi connectivity index (χ3n) is 14.7. The Bertz CT molecular complexity index is 1450. The van der Waals surface area contributed by atoms with E-state index in [1.54, 1.807) is 0 Å². The molecule has 0 amide bonds. The van der Waals surface area contributed by atoms with Gasteiger partial charge in [0.05, 0.1) is 62.4 Å². The molecule has 346 valence electrons. The number of aliphatic hydroxyl groups is 1. The summed E-state index contributed by atoms with van der Waals surface area (Å²) in [6.07, 6.45) is 8.88. The third-order valence-corrected chi connectivity index (χ3v) is 28.4. The van der Waals surface area contributed by atoms with Gasteiger partial charge in [-0.3, -0.25) is 4.79 Å². The van der Waals surface area contributed by atoms with Gasteiger partial charge < -0.3 is 37.3 Å². The molecule has 3 saturated heterocycles. The van der Waals surface area contributed by atoms with Crippen LogP contribution in [0.4, 0.5) is 0 Å². The van der Waals surface area contributed by atoms with Gasteiger partial charge in [-0.1, -0.05) is 87.6 Å². The highest BCUT2D eigenvalue weighted by Crippen LogP contribution is 2.44. The first kappa shape index (κ1) is 53.2. The molecule has 3 aliphatic rings. The lowest BCUT2D eigenvalue weighted by Gasteiger charge is -2.51. The SMILES string of the molecule is C=C=C(C)C[C@H](CCC1OC(CCC(O)/C=C/[C@H](O[Si](C)(C)C(C)(C)C)[C@@H]2O[C@H]3CCC(CC(=O)OC)O[C@@H]3CC2O[Si](C)(C)C(C)(C)C)CC1=C)O[Si](CC)(CC)CC. The van der Waals surface area contributed by atoms with Crippen molar-refractivity contribution in [3.63, 3.8) is 0 Å². The lowest BCUT2D eigenvalue weighted by Crippen LogP contribution is -2.60. The fourth-order valence-electron chi connectivity index (χ4n) is 8.31. The van der Waals surface area contributed by atoms with E-state index in [4.69, 9.17) is 32.2 Å². The highest BCUT2D eigenvalue weighted by molar-refractivity contribution is 6.74. The summed E-state index contributed by atoms with van der Waals surface area (Å²) in [7, 11) is -4.94. The van der Waals surface area contributed by atoms with Crippen LogP contribution in [0.25, 0.3) is 0 Å². The normalized spacial score (nSPS) is 27.3. The van der Waals surface area contributed by atoms with Crippen LogP contribution in [0.1, 0.15) is 133 Å². The molecule has 9 nitrogen and oxygen atoms in total. The van der Waals surface area contributed by atoms with Gasteiger partial charge in [0.2, 0.25) is 0 Å². The van der Waals surface area contributed by atoms with Gasteiger partial charge in [-0.05, 0) is 117 Å². The summed E-state index contributed by atoms with van der Waals surface area (Å²) in [6.45, 7) is 39.8. The molecule has 0 spiro atoms. The lowest BCUT2D eigenvalue weighted by atomic mass is 9.89. The summed E-state index contributed by atoms with van der Waals surface area (Å²) in [4.78, 5) is 12.2. The first-order valence-corrected chi connectivity index (χ1v) is 31.6. The van der Waals surface area contributed by atoms with E-state index in [0.29, 0.717) is 12.8 Å². The Balaban J connectivity index is 1.78. The van der Waals surface area contributed by atoms with Crippen molar-refractivity contribution in [2.45, 2.75) is 249 Å². The van der Waals surface area contributed by atoms with Crippen LogP contribution in [-0.4, -0.2) is 104 Å². The van der Waals surface area contributed by atoms with Gasteiger partial charge in [-0.15, -0.1) is 5.73 Å². The number of esters is 1. The molecule has 10 atom stereocenters. The molecule has 60 heavy (non-hydrogen) atoms. The minimum absolute atomic E-state index is 0.00487. The van der Waals surface area contributed by atoms with Gasteiger partial charge in [0.1, 0.15) is 6.10 Å². The number of fused-ring (bicyclic) bond motifs is 1. The third kappa shape index (κ3) is 15.0. The number of carbonyl (C=O) groups is 1. The summed E-state index contributed by atoms with van der Waals surface area (Å²) in [5, 5.41) is 11.5. The minimum Gasteiger partial charge on any atom is -0.469 e. The van der Waals surface area contributed by atoms with E-state index < -0.39 is 37.2 Å². The number of methoxy groups -OCH3 is 1. The van der Waals surface area contributed by atoms with Crippen LogP contribution in [-0.2, 0) is 37.0 Å². The van der Waals surface area contributed by atoms with E-state index in [2.05, 4.69) is 114 Å². The van der Waals surface area contributed by atoms with Crippen LogP contribution in [0.2, 0.25) is 54.4 Å². The molecule has 0 aromatic rings. The zero-order valence-corrected chi connectivity index (χ0v) is 43.7. The molecule has 0 aromatic carbocycles. The highest BCUT2D eigenvalue weighted by Gasteiger charge is 2.51. The molecule has 3 rings (SSSR count). The molecule has 3 aliphatic heterocycles. The summed E-state index contributed by atoms with van der Waals surface area (Å²) in [5.74, 6) is -0.261. The Morgan fingerprint density at radius 1 is 0.883 bits per heavy atom. The number of carbonyl (C=O) groups excluding carboxylic acids is 1. The Labute approximate surface area is 369 Å². The van der Waals surface area contributed by atoms with Crippen LogP contribution in [0.5, 0.6) is 0 Å². The van der Waals surface area contributed by atoms with Crippen LogP contribution in [0.3, 0.4) is 0 Å². The van der Waals surface area contributed by atoms with Crippen molar-refractivity contribution in [3.8, 4) is 0 Å². The predicted octanol–water partition coefficient (Wildman–Crippen LogP) is 11.7. The number of rotatable bonds is 22. The zero-order chi connectivity index (χ0) is 45.3. The van der Waals surface area contributed by atoms with Crippen molar-refractivity contribution in [1.82, 2.24) is 0 Å². The molecular formula is C48H88O9Si3. The van der Waals surface area contributed by atoms with Crippen LogP contribution < -0.4 is 0 Å². The fourth-order valence-corrected chi connectivity index (χ4v) is 13.8. The number of ether oxygens (including phenoxy) is 4. The fraction of sp³-hybridized carbons (Fsp3) is 0.833. The standard InChI is InChI=1S/C48H88O9Si3/c1-18-34(5)30-39(55-60(19-2,20-3)21-4)26-28-40-35(6)31-37(52-40)24-22-36(49)23-27-42(56-58(14,15)47(7,8)9)46-44(57-59(16,17)48(10,11)12)33-43-41(54-46)29-25-38(53-43)32-45(50)51-13/h23,27,36-44,46,49H,1,6,19-22,24-26,28-33H2,2-5,7-17H3/b27-23+/t36?,37?,38?,39-,40?,41-,42-,43+,44?,46-/m0/s1. The van der Waals surface area contributed by atoms with Gasteiger partial charge in [-0.25, -0.2) is 0 Å². The summed E-state index contributed by atoms with van der Waals surface area (Å²) < 4.78 is 46.6. The second-order valence-electron chi connectivity index (χ2n) is 21.1. The van der Waals surface area contributed by atoms with Gasteiger partial charge >= 0.3 is 5.97 Å². The predicted molar refractivity (Wildman–Crippen MR) is 253 cm³/mol. The molecule has 0 aliphatic carbocycles. The Hall–Kier alpha value is -1.16. The monoisotopic (exact) mass is 893 g/mol. The van der Waals surface area contributed by atoms with E-state index in [0.717, 1.165) is 74.2 Å². The van der Waals surface area contributed by atoms with Crippen molar-refractivity contribution >= 4 is 30.9 Å². The van der Waals surface area contributed by atoms with Crippen LogP contribution in [0, 0.1) is 0 Å². The molecular weight excluding hydrogens is 805 g/mol. The van der Waals surface area contributed by atoms with Crippen molar-refractivity contribution in [3.05, 3.63) is 42.2 Å². The van der Waals surface area contributed by atoms with Crippen LogP contribution >= 0.6 is 0 Å². The minimum atomic E-state index is -2.31. The molecule has 0 aromatic heterocycles. The molecule has 0 bridgehead atoms. The second-order valence-corrected chi connectivity index (χ2v) is 35.4. The number of aliphatic hydroxyl groups excluding tert-OH is 1. The number of hydrogen-bond acceptors (Lipinski definition) is 9. The average Bonchev–Trinajstić information content (AvgIpc) is 3.53. The van der Waals surface area contributed by atoms with E-state index in [-0.39, 0.29) is 71.3 Å². The van der Waals surface area contributed by atoms with Gasteiger partial charge in [0.25, 0.3) is 0 Å². The van der Waals surface area contributed by atoms with E-state index >= 15 is 0 Å². The highest BCUT2D eigenvalue weighted by atomic mass is 28.4. The summed E-state index contributed by atoms with van der Waals surface area (Å²) in [6, 6.07) is 3.37. The summed E-state index contributed by atoms with van der Waals surface area (Å²) >= 11 is 0. The summed E-state index contributed by atoms with van der Waals surface area (Å²) in [5.41, 5.74) is 5.36. The van der Waals surface area contributed by atoms with E-state index in [1.807, 2.05) is 12.2 Å². The molecule has 0 radical (unpaired) electrons. The molecule has 5 unspecified atom stereocenters. The van der Waals surface area contributed by atoms with Crippen molar-refractivity contribution in [2.75, 3.05) is 7.11 Å². The Morgan fingerprint density at radius 3 is 2.08 bits per heavy atom. The van der Waals surface area contributed by atoms with Crippen molar-refractivity contribution < 1.29 is 42.1 Å². The van der Waals surface area contributed by atoms with Crippen molar-refractivity contribution in [1.29, 1.82) is 0 Å². The Kier molecular flexibility index (Phi) is 20.1.